The highest BCUT2D eigenvalue weighted by atomic mass is 16.6. The molecule has 20 nitrogen and oxygen atoms in total. The fourth-order valence-electron chi connectivity index (χ4n) is 9.04. The van der Waals surface area contributed by atoms with E-state index in [4.69, 9.17) is 75.8 Å². The first-order valence-electron chi connectivity index (χ1n) is 34.6. The summed E-state index contributed by atoms with van der Waals surface area (Å²) in [4.78, 5) is 48.8. The largest absolute Gasteiger partial charge is 0.493 e. The first-order valence-corrected chi connectivity index (χ1v) is 34.6. The van der Waals surface area contributed by atoms with Gasteiger partial charge in [-0.05, 0) is 220 Å². The van der Waals surface area contributed by atoms with E-state index in [9.17, 15) is 19.2 Å². The Morgan fingerprint density at radius 1 is 0.250 bits per heavy atom. The van der Waals surface area contributed by atoms with E-state index in [-0.39, 0.29) is 0 Å². The molecule has 0 radical (unpaired) electrons. The normalized spacial score (nSPS) is 15.2. The summed E-state index contributed by atoms with van der Waals surface area (Å²) in [5.74, 6) is 6.03. The predicted molar refractivity (Wildman–Crippen MR) is 392 cm³/mol. The van der Waals surface area contributed by atoms with E-state index in [2.05, 4.69) is 26.3 Å². The van der Waals surface area contributed by atoms with Gasteiger partial charge in [-0.15, -0.1) is 26.3 Å². The van der Waals surface area contributed by atoms with Crippen molar-refractivity contribution in [3.05, 3.63) is 267 Å². The lowest BCUT2D eigenvalue weighted by molar-refractivity contribution is 0.0725. The highest BCUT2D eigenvalue weighted by Gasteiger charge is 2.25. The van der Waals surface area contributed by atoms with Gasteiger partial charge in [0, 0.05) is 25.7 Å². The monoisotopic (exact) mass is 1420 g/mol. The molecule has 4 saturated heterocycles. The summed E-state index contributed by atoms with van der Waals surface area (Å²) in [6.45, 7) is 22.6. The second-order valence-corrected chi connectivity index (χ2v) is 23.6. The summed E-state index contributed by atoms with van der Waals surface area (Å²) in [5.41, 5.74) is 1.86. The van der Waals surface area contributed by atoms with Gasteiger partial charge in [0.2, 0.25) is 0 Å². The maximum Gasteiger partial charge on any atom is 0.343 e. The molecule has 0 aliphatic carbocycles. The zero-order valence-corrected chi connectivity index (χ0v) is 58.2. The van der Waals surface area contributed by atoms with Crippen LogP contribution >= 0.6 is 0 Å². The molecule has 0 spiro atoms. The topological polar surface area (TPSA) is 229 Å². The van der Waals surface area contributed by atoms with Gasteiger partial charge in [-0.3, -0.25) is 0 Å². The molecule has 0 bridgehead atoms. The molecule has 4 atom stereocenters. The number of hydrogen-bond donors (Lipinski definition) is 0. The highest BCUT2D eigenvalue weighted by Crippen LogP contribution is 2.27. The third kappa shape index (κ3) is 29.8. The van der Waals surface area contributed by atoms with E-state index in [1.54, 1.807) is 218 Å². The Labute approximate surface area is 607 Å². The zero-order chi connectivity index (χ0) is 72.8. The molecule has 12 rings (SSSR count). The Hall–Kier alpha value is -11.2. The van der Waals surface area contributed by atoms with Crippen LogP contribution < -0.4 is 56.8 Å². The molecule has 4 fully saturated rings. The van der Waals surface area contributed by atoms with Crippen LogP contribution in [0.5, 0.6) is 69.0 Å². The van der Waals surface area contributed by atoms with Gasteiger partial charge < -0.3 is 75.8 Å². The van der Waals surface area contributed by atoms with Crippen LogP contribution in [0.2, 0.25) is 0 Å². The van der Waals surface area contributed by atoms with E-state index in [0.717, 1.165) is 112 Å². The van der Waals surface area contributed by atoms with Gasteiger partial charge in [0.1, 0.15) is 69.0 Å². The van der Waals surface area contributed by atoms with Crippen molar-refractivity contribution >= 4 is 23.9 Å². The molecule has 8 aromatic carbocycles. The van der Waals surface area contributed by atoms with Crippen LogP contribution in [0.15, 0.2) is 245 Å². The Balaban J connectivity index is 0.000000161. The van der Waals surface area contributed by atoms with Crippen LogP contribution in [0.3, 0.4) is 0 Å². The van der Waals surface area contributed by atoms with Gasteiger partial charge in [0.15, 0.2) is 0 Å². The Morgan fingerprint density at radius 3 is 0.548 bits per heavy atom. The number of esters is 4. The first kappa shape index (κ1) is 77.0. The average molecular weight is 1420 g/mol. The highest BCUT2D eigenvalue weighted by molar-refractivity contribution is 5.93. The van der Waals surface area contributed by atoms with E-state index in [1.807, 2.05) is 0 Å². The fourth-order valence-corrected chi connectivity index (χ4v) is 9.04. The maximum absolute atomic E-state index is 12.3. The van der Waals surface area contributed by atoms with Gasteiger partial charge in [-0.1, -0.05) is 24.3 Å². The van der Waals surface area contributed by atoms with Gasteiger partial charge in [-0.2, -0.15) is 0 Å². The number of ether oxygens (including phenoxy) is 16. The van der Waals surface area contributed by atoms with Crippen molar-refractivity contribution in [3.8, 4) is 69.0 Å². The second-order valence-electron chi connectivity index (χ2n) is 23.6. The predicted octanol–water partition coefficient (Wildman–Crippen LogP) is 16.1. The quantitative estimate of drug-likeness (QED) is 0.0114. The molecule has 0 saturated carbocycles. The number of carbonyl (C=O) groups is 4. The number of rotatable bonds is 40. The third-order valence-corrected chi connectivity index (χ3v) is 15.3. The molecule has 0 N–H and O–H groups in total. The van der Waals surface area contributed by atoms with Crippen molar-refractivity contribution in [1.29, 1.82) is 0 Å². The molecule has 544 valence electrons. The van der Waals surface area contributed by atoms with Crippen molar-refractivity contribution in [1.82, 2.24) is 0 Å². The molecule has 20 heteroatoms. The number of epoxide rings is 4. The fraction of sp³-hybridized carbons (Fsp3) is 0.286. The maximum atomic E-state index is 12.3. The lowest BCUT2D eigenvalue weighted by atomic mass is 10.2. The summed E-state index contributed by atoms with van der Waals surface area (Å²) in [7, 11) is 0. The molecular weight excluding hydrogens is 1330 g/mol. The summed E-state index contributed by atoms with van der Waals surface area (Å²) >= 11 is 0. The molecule has 4 aliphatic heterocycles. The lowest BCUT2D eigenvalue weighted by Gasteiger charge is -2.08. The minimum Gasteiger partial charge on any atom is -0.493 e. The van der Waals surface area contributed by atoms with Crippen molar-refractivity contribution in [2.75, 3.05) is 79.3 Å². The van der Waals surface area contributed by atoms with Gasteiger partial charge >= 0.3 is 23.9 Å². The van der Waals surface area contributed by atoms with Gasteiger partial charge in [0.05, 0.1) is 126 Å². The summed E-state index contributed by atoms with van der Waals surface area (Å²) in [6, 6.07) is 55.5. The molecule has 0 aromatic heterocycles. The Bertz CT molecular complexity index is 3900. The van der Waals surface area contributed by atoms with Crippen LogP contribution in [0.25, 0.3) is 0 Å². The summed E-state index contributed by atoms with van der Waals surface area (Å²) in [5, 5.41) is 0. The summed E-state index contributed by atoms with van der Waals surface area (Å²) in [6.07, 6.45) is 15.3. The summed E-state index contributed by atoms with van der Waals surface area (Å²) < 4.78 is 86.6. The zero-order valence-electron chi connectivity index (χ0n) is 58.2. The van der Waals surface area contributed by atoms with Crippen molar-refractivity contribution in [2.45, 2.75) is 75.8 Å². The van der Waals surface area contributed by atoms with Crippen LogP contribution in [0, 0.1) is 0 Å². The van der Waals surface area contributed by atoms with Crippen molar-refractivity contribution in [2.24, 2.45) is 0 Å². The smallest absolute Gasteiger partial charge is 0.343 e. The molecular formula is C84H88O20. The van der Waals surface area contributed by atoms with Crippen LogP contribution in [0.1, 0.15) is 92.8 Å². The minimum atomic E-state index is -0.419. The second kappa shape index (κ2) is 42.9. The third-order valence-electron chi connectivity index (χ3n) is 15.3. The lowest BCUT2D eigenvalue weighted by Crippen LogP contribution is -2.08. The van der Waals surface area contributed by atoms with Crippen LogP contribution in [-0.2, 0) is 18.9 Å². The standard InChI is InChI=1S/C21H22O6.2C21H22O5.C21H22O4/c22-21(15-1-3-16(4-2-15)23-11-9-19-13-25-19)27-18-7-5-17(6-8-18)24-12-10-20-14-26-20;1-2-3-13-23-18-8-10-19(11-9-18)26-21(22)16-4-6-17(7-5-16)24-14-12-20-15-25-20;1-2-3-13-23-17-6-4-16(5-7-17)21(22)26-19-10-8-18(9-11-19)24-14-12-20-15-25-20;1-3-5-15-23-18-9-7-17(8-10-18)21(22)25-20-13-11-19(12-14-20)24-16-6-4-2/h1-8,19-20H,9-14H2;2*2,4-11,20H,1,3,12-15H2;3-4,7-14H,1-2,5-6,15-16H2. The number of carbonyl (C=O) groups excluding carboxylic acids is 4. The van der Waals surface area contributed by atoms with Crippen molar-refractivity contribution < 1.29 is 95.0 Å². The first-order chi connectivity index (χ1) is 51.0. The molecule has 104 heavy (non-hydrogen) atoms. The molecule has 4 unspecified atom stereocenters. The van der Waals surface area contributed by atoms with Gasteiger partial charge in [-0.25, -0.2) is 19.2 Å². The number of benzene rings is 8. The van der Waals surface area contributed by atoms with E-state index in [1.165, 1.54) is 0 Å². The molecule has 0 amide bonds. The minimum absolute atomic E-state index is 0.350. The van der Waals surface area contributed by atoms with Crippen LogP contribution in [-0.4, -0.2) is 128 Å². The SMILES string of the molecule is C=CCCOc1ccc(C(=O)Oc2ccc(OCCC3CO3)cc2)cc1.C=CCCOc1ccc(OC(=O)c2ccc(OCCC3CO3)cc2)cc1.C=CCCOc1ccc(OC(=O)c2ccc(OCCC=C)cc2)cc1.O=C(Oc1ccc(OCCC2CO2)cc1)c1ccc(OCCC2CO2)cc1. The van der Waals surface area contributed by atoms with E-state index >= 15 is 0 Å². The van der Waals surface area contributed by atoms with Crippen molar-refractivity contribution in [3.63, 3.8) is 0 Å². The molecule has 4 heterocycles. The molecule has 4 aliphatic rings. The van der Waals surface area contributed by atoms with Gasteiger partial charge in [0.25, 0.3) is 0 Å². The van der Waals surface area contributed by atoms with E-state index in [0.29, 0.717) is 134 Å². The molecule has 8 aromatic rings. The average Bonchev–Trinajstić information content (AvgIpc) is 1.07. The Kier molecular flexibility index (Phi) is 31.8. The van der Waals surface area contributed by atoms with E-state index < -0.39 is 23.9 Å². The number of hydrogen-bond acceptors (Lipinski definition) is 20. The Morgan fingerprint density at radius 2 is 0.394 bits per heavy atom. The van der Waals surface area contributed by atoms with Crippen LogP contribution in [0.4, 0.5) is 0 Å².